The van der Waals surface area contributed by atoms with Gasteiger partial charge in [-0.15, -0.1) is 11.3 Å². The van der Waals surface area contributed by atoms with Crippen molar-refractivity contribution in [2.24, 2.45) is 0 Å². The Balaban J connectivity index is 1.46. The number of amides is 1. The van der Waals surface area contributed by atoms with E-state index in [9.17, 15) is 13.2 Å². The van der Waals surface area contributed by atoms with Crippen LogP contribution < -0.4 is 19.5 Å². The molecule has 0 aliphatic carbocycles. The Morgan fingerprint density at radius 3 is 2.77 bits per heavy atom. The number of thiazole rings is 1. The molecule has 1 aliphatic rings. The van der Waals surface area contributed by atoms with Gasteiger partial charge >= 0.3 is 0 Å². The molecule has 0 unspecified atom stereocenters. The van der Waals surface area contributed by atoms with E-state index in [-0.39, 0.29) is 18.5 Å². The van der Waals surface area contributed by atoms with Crippen molar-refractivity contribution < 1.29 is 22.7 Å². The van der Waals surface area contributed by atoms with Crippen molar-refractivity contribution in [2.45, 2.75) is 20.3 Å². The Hall–Kier alpha value is -3.11. The number of sulfonamides is 1. The van der Waals surface area contributed by atoms with E-state index < -0.39 is 10.0 Å². The lowest BCUT2D eigenvalue weighted by Crippen LogP contribution is -2.16. The first-order valence-corrected chi connectivity index (χ1v) is 12.1. The van der Waals surface area contributed by atoms with Gasteiger partial charge in [-0.05, 0) is 49.7 Å². The third kappa shape index (κ3) is 4.97. The minimum Gasteiger partial charge on any atom is -0.454 e. The highest BCUT2D eigenvalue weighted by Crippen LogP contribution is 2.34. The molecular formula is C21H21N3O5S2. The molecule has 1 aromatic heterocycles. The van der Waals surface area contributed by atoms with Crippen LogP contribution in [0.1, 0.15) is 33.4 Å². The van der Waals surface area contributed by atoms with Gasteiger partial charge in [0.1, 0.15) is 0 Å². The normalized spacial score (nSPS) is 12.6. The van der Waals surface area contributed by atoms with Crippen LogP contribution >= 0.6 is 11.3 Å². The number of carbonyl (C=O) groups is 1. The van der Waals surface area contributed by atoms with E-state index in [0.29, 0.717) is 22.8 Å². The second kappa shape index (κ2) is 8.56. The van der Waals surface area contributed by atoms with Gasteiger partial charge in [0.15, 0.2) is 16.6 Å². The number of fused-ring (bicyclic) bond motifs is 1. The number of carbonyl (C=O) groups excluding carboxylic acids is 1. The van der Waals surface area contributed by atoms with Gasteiger partial charge in [-0.1, -0.05) is 12.1 Å². The summed E-state index contributed by atoms with van der Waals surface area (Å²) in [5.74, 6) is 1.06. The lowest BCUT2D eigenvalue weighted by Gasteiger charge is -2.07. The van der Waals surface area contributed by atoms with Crippen LogP contribution in [0.15, 0.2) is 42.5 Å². The number of anilines is 2. The fraction of sp³-hybridized carbons (Fsp3) is 0.238. The molecule has 1 amide bonds. The number of nitrogens with zero attached hydrogens (tertiary/aromatic N) is 1. The van der Waals surface area contributed by atoms with E-state index in [0.717, 1.165) is 27.6 Å². The Kier molecular flexibility index (Phi) is 5.84. The zero-order valence-electron chi connectivity index (χ0n) is 17.0. The summed E-state index contributed by atoms with van der Waals surface area (Å²) < 4.78 is 36.7. The lowest BCUT2D eigenvalue weighted by atomic mass is 10.1. The fourth-order valence-electron chi connectivity index (χ4n) is 3.03. The Morgan fingerprint density at radius 2 is 1.97 bits per heavy atom. The molecule has 2 heterocycles. The van der Waals surface area contributed by atoms with E-state index in [4.69, 9.17) is 9.47 Å². The van der Waals surface area contributed by atoms with Gasteiger partial charge < -0.3 is 9.47 Å². The van der Waals surface area contributed by atoms with E-state index in [1.807, 2.05) is 25.1 Å². The molecule has 10 heteroatoms. The summed E-state index contributed by atoms with van der Waals surface area (Å²) in [7, 11) is -3.42. The Bertz CT molecular complexity index is 1240. The number of hydrogen-bond acceptors (Lipinski definition) is 7. The smallest absolute Gasteiger partial charge is 0.257 e. The van der Waals surface area contributed by atoms with Gasteiger partial charge in [0, 0.05) is 22.5 Å². The zero-order valence-corrected chi connectivity index (χ0v) is 18.6. The van der Waals surface area contributed by atoms with Crippen molar-refractivity contribution in [3.8, 4) is 11.5 Å². The molecule has 2 N–H and O–H groups in total. The van der Waals surface area contributed by atoms with Crippen LogP contribution in [-0.4, -0.2) is 31.9 Å². The van der Waals surface area contributed by atoms with Gasteiger partial charge in [-0.3, -0.25) is 14.8 Å². The highest BCUT2D eigenvalue weighted by molar-refractivity contribution is 7.92. The second-order valence-electron chi connectivity index (χ2n) is 6.93. The monoisotopic (exact) mass is 459 g/mol. The van der Waals surface area contributed by atoms with Gasteiger partial charge in [0.25, 0.3) is 5.91 Å². The number of rotatable bonds is 7. The fourth-order valence-corrected chi connectivity index (χ4v) is 4.65. The van der Waals surface area contributed by atoms with Crippen LogP contribution in [0.2, 0.25) is 0 Å². The minimum atomic E-state index is -3.42. The number of nitrogens with one attached hydrogen (secondary N) is 2. The van der Waals surface area contributed by atoms with Crippen LogP contribution in [0.25, 0.3) is 0 Å². The minimum absolute atomic E-state index is 0.0477. The highest BCUT2D eigenvalue weighted by atomic mass is 32.2. The summed E-state index contributed by atoms with van der Waals surface area (Å²) in [6, 6.07) is 12.2. The molecule has 0 bridgehead atoms. The van der Waals surface area contributed by atoms with Crippen molar-refractivity contribution in [1.29, 1.82) is 0 Å². The van der Waals surface area contributed by atoms with Gasteiger partial charge in [-0.2, -0.15) is 0 Å². The van der Waals surface area contributed by atoms with Crippen LogP contribution in [0.3, 0.4) is 0 Å². The number of aromatic nitrogens is 1. The first kappa shape index (κ1) is 21.1. The maximum absolute atomic E-state index is 12.7. The van der Waals surface area contributed by atoms with Crippen molar-refractivity contribution in [1.82, 2.24) is 4.98 Å². The number of benzene rings is 2. The SMILES string of the molecule is CCS(=O)(=O)Nc1cccc(C(=O)Nc2nc(C)c(Cc3ccc4c(c3)OCO4)s2)c1. The Labute approximate surface area is 184 Å². The molecule has 0 fully saturated rings. The summed E-state index contributed by atoms with van der Waals surface area (Å²) in [4.78, 5) is 18.1. The van der Waals surface area contributed by atoms with Crippen LogP contribution in [-0.2, 0) is 16.4 Å². The standard InChI is InChI=1S/C21H21N3O5S2/c1-3-31(26,27)24-16-6-4-5-15(11-16)20(25)23-21-22-13(2)19(30-21)10-14-7-8-17-18(9-14)29-12-28-17/h4-9,11,24H,3,10,12H2,1-2H3,(H,22,23,25). The second-order valence-corrected chi connectivity index (χ2v) is 10.0. The molecule has 3 aromatic rings. The summed E-state index contributed by atoms with van der Waals surface area (Å²) >= 11 is 1.40. The molecule has 2 aromatic carbocycles. The number of hydrogen-bond donors (Lipinski definition) is 2. The topological polar surface area (TPSA) is 107 Å². The number of aryl methyl sites for hydroxylation is 1. The largest absolute Gasteiger partial charge is 0.454 e. The Morgan fingerprint density at radius 1 is 1.16 bits per heavy atom. The molecule has 0 radical (unpaired) electrons. The predicted molar refractivity (Wildman–Crippen MR) is 120 cm³/mol. The molecule has 4 rings (SSSR count). The average molecular weight is 460 g/mol. The van der Waals surface area contributed by atoms with Crippen LogP contribution in [0.5, 0.6) is 11.5 Å². The van der Waals surface area contributed by atoms with Gasteiger partial charge in [0.2, 0.25) is 16.8 Å². The third-order valence-electron chi connectivity index (χ3n) is 4.69. The summed E-state index contributed by atoms with van der Waals surface area (Å²) in [5.41, 5.74) is 2.57. The molecule has 8 nitrogen and oxygen atoms in total. The summed E-state index contributed by atoms with van der Waals surface area (Å²) in [6.45, 7) is 3.68. The van der Waals surface area contributed by atoms with E-state index in [1.54, 1.807) is 25.1 Å². The number of ether oxygens (including phenoxy) is 2. The lowest BCUT2D eigenvalue weighted by molar-refractivity contribution is 0.102. The summed E-state index contributed by atoms with van der Waals surface area (Å²) in [6.07, 6.45) is 0.657. The quantitative estimate of drug-likeness (QED) is 0.557. The zero-order chi connectivity index (χ0) is 22.0. The average Bonchev–Trinajstić information content (AvgIpc) is 3.34. The molecule has 0 saturated carbocycles. The molecule has 31 heavy (non-hydrogen) atoms. The van der Waals surface area contributed by atoms with Crippen molar-refractivity contribution in [2.75, 3.05) is 22.6 Å². The predicted octanol–water partition coefficient (Wildman–Crippen LogP) is 3.78. The maximum Gasteiger partial charge on any atom is 0.257 e. The maximum atomic E-state index is 12.7. The van der Waals surface area contributed by atoms with Crippen molar-refractivity contribution in [3.63, 3.8) is 0 Å². The van der Waals surface area contributed by atoms with Gasteiger partial charge in [0.05, 0.1) is 11.4 Å². The molecule has 0 spiro atoms. The first-order valence-electron chi connectivity index (χ1n) is 9.59. The van der Waals surface area contributed by atoms with E-state index in [2.05, 4.69) is 15.0 Å². The van der Waals surface area contributed by atoms with E-state index >= 15 is 0 Å². The van der Waals surface area contributed by atoms with Crippen molar-refractivity contribution in [3.05, 3.63) is 64.2 Å². The van der Waals surface area contributed by atoms with Gasteiger partial charge in [-0.25, -0.2) is 13.4 Å². The third-order valence-corrected chi connectivity index (χ3v) is 7.07. The molecule has 162 valence electrons. The van der Waals surface area contributed by atoms with E-state index in [1.165, 1.54) is 17.4 Å². The molecule has 0 atom stereocenters. The summed E-state index contributed by atoms with van der Waals surface area (Å²) in [5, 5.41) is 3.28. The van der Waals surface area contributed by atoms with Crippen LogP contribution in [0.4, 0.5) is 10.8 Å². The molecule has 1 aliphatic heterocycles. The van der Waals surface area contributed by atoms with Crippen LogP contribution in [0, 0.1) is 6.92 Å². The first-order chi connectivity index (χ1) is 14.8. The molecule has 0 saturated heterocycles. The molecular weight excluding hydrogens is 438 g/mol. The van der Waals surface area contributed by atoms with Crippen molar-refractivity contribution >= 4 is 38.1 Å². The highest BCUT2D eigenvalue weighted by Gasteiger charge is 2.16.